The number of halogens is 3. The predicted octanol–water partition coefficient (Wildman–Crippen LogP) is 5.56. The summed E-state index contributed by atoms with van der Waals surface area (Å²) in [5.41, 5.74) is 1.23. The highest BCUT2D eigenvalue weighted by atomic mass is 19.4. The third-order valence-electron chi connectivity index (χ3n) is 5.71. The van der Waals surface area contributed by atoms with Gasteiger partial charge in [-0.15, -0.1) is 0 Å². The van der Waals surface area contributed by atoms with E-state index in [2.05, 4.69) is 0 Å². The minimum atomic E-state index is -4.56. The number of carboxylic acids is 1. The van der Waals surface area contributed by atoms with Crippen LogP contribution in [0.25, 0.3) is 11.3 Å². The van der Waals surface area contributed by atoms with E-state index in [4.69, 9.17) is 4.74 Å². The number of hydrogen-bond donors (Lipinski definition) is 1. The molecule has 4 nitrogen and oxygen atoms in total. The molecule has 7 heteroatoms. The Kier molecular flexibility index (Phi) is 5.62. The third-order valence-corrected chi connectivity index (χ3v) is 5.71. The van der Waals surface area contributed by atoms with Crippen molar-refractivity contribution in [3.63, 3.8) is 0 Å². The highest BCUT2D eigenvalue weighted by Crippen LogP contribution is 2.41. The molecule has 2 heterocycles. The highest BCUT2D eigenvalue weighted by molar-refractivity contribution is 5.94. The molecule has 0 bridgehead atoms. The second kappa shape index (κ2) is 8.23. The molecule has 1 aliphatic heterocycles. The van der Waals surface area contributed by atoms with Crippen LogP contribution in [0.2, 0.25) is 0 Å². The normalized spacial score (nSPS) is 16.2. The average Bonchev–Trinajstić information content (AvgIpc) is 2.96. The van der Waals surface area contributed by atoms with Crippen LogP contribution in [-0.2, 0) is 23.9 Å². The molecule has 1 aromatic heterocycles. The Morgan fingerprint density at radius 1 is 1.13 bits per heavy atom. The van der Waals surface area contributed by atoms with Gasteiger partial charge in [0.25, 0.3) is 0 Å². The molecule has 1 aliphatic rings. The van der Waals surface area contributed by atoms with Crippen LogP contribution in [0, 0.1) is 6.92 Å². The fourth-order valence-electron chi connectivity index (χ4n) is 4.18. The number of benzene rings is 2. The molecule has 0 saturated carbocycles. The Labute approximate surface area is 177 Å². The molecule has 1 N–H and O–H groups in total. The van der Waals surface area contributed by atoms with Crippen LogP contribution in [0.5, 0.6) is 0 Å². The lowest BCUT2D eigenvalue weighted by Crippen LogP contribution is -2.32. The van der Waals surface area contributed by atoms with Crippen LogP contribution >= 0.6 is 0 Å². The average molecular weight is 429 g/mol. The Morgan fingerprint density at radius 3 is 2.35 bits per heavy atom. The summed E-state index contributed by atoms with van der Waals surface area (Å²) in [5.74, 6) is -1.15. The third kappa shape index (κ3) is 4.10. The number of aromatic carboxylic acids is 1. The first-order chi connectivity index (χ1) is 14.8. The first-order valence-electron chi connectivity index (χ1n) is 10.0. The van der Waals surface area contributed by atoms with Gasteiger partial charge in [-0.1, -0.05) is 48.5 Å². The fraction of sp³-hybridized carbons (Fsp3) is 0.292. The number of nitrogens with zero attached hydrogens (tertiary/aromatic N) is 1. The topological polar surface area (TPSA) is 51.5 Å². The van der Waals surface area contributed by atoms with Crippen LogP contribution < -0.4 is 0 Å². The second-order valence-corrected chi connectivity index (χ2v) is 7.70. The fourth-order valence-corrected chi connectivity index (χ4v) is 4.18. The van der Waals surface area contributed by atoms with E-state index in [0.29, 0.717) is 30.8 Å². The number of carboxylic acid groups (broad SMARTS) is 1. The maximum absolute atomic E-state index is 13.8. The molecule has 162 valence electrons. The minimum Gasteiger partial charge on any atom is -0.478 e. The highest BCUT2D eigenvalue weighted by Gasteiger charge is 2.36. The van der Waals surface area contributed by atoms with Gasteiger partial charge in [0.15, 0.2) is 0 Å². The number of hydrogen-bond acceptors (Lipinski definition) is 2. The number of rotatable bonds is 6. The monoisotopic (exact) mass is 429 g/mol. The number of carbonyl (C=O) groups is 1. The molecule has 3 aromatic rings. The SMILES string of the molecule is Cc1c(C(=O)O)c(Cc2ccccc2)n(CC2CCO2)c1-c1ccccc1C(F)(F)F. The Hall–Kier alpha value is -3.06. The summed E-state index contributed by atoms with van der Waals surface area (Å²) >= 11 is 0. The van der Waals surface area contributed by atoms with Gasteiger partial charge in [0.1, 0.15) is 0 Å². The van der Waals surface area contributed by atoms with Crippen molar-refractivity contribution in [3.8, 4) is 11.3 Å². The van der Waals surface area contributed by atoms with Crippen molar-refractivity contribution < 1.29 is 27.8 Å². The van der Waals surface area contributed by atoms with Gasteiger partial charge in [-0.05, 0) is 30.5 Å². The second-order valence-electron chi connectivity index (χ2n) is 7.70. The van der Waals surface area contributed by atoms with Crippen molar-refractivity contribution in [3.05, 3.63) is 82.5 Å². The van der Waals surface area contributed by atoms with Crippen molar-refractivity contribution in [2.75, 3.05) is 6.61 Å². The van der Waals surface area contributed by atoms with Gasteiger partial charge in [-0.25, -0.2) is 4.79 Å². The lowest BCUT2D eigenvalue weighted by Gasteiger charge is -2.29. The van der Waals surface area contributed by atoms with E-state index in [-0.39, 0.29) is 22.9 Å². The lowest BCUT2D eigenvalue weighted by molar-refractivity contribution is -0.137. The summed E-state index contributed by atoms with van der Waals surface area (Å²) in [4.78, 5) is 12.2. The standard InChI is InChI=1S/C24H22F3NO3/c1-15-21(23(29)30)20(13-16-7-3-2-4-8-16)28(14-17-11-12-31-17)22(15)18-9-5-6-10-19(18)24(25,26)27/h2-10,17H,11-14H2,1H3,(H,29,30). The zero-order valence-corrected chi connectivity index (χ0v) is 16.9. The van der Waals surface area contributed by atoms with Crippen molar-refractivity contribution in [2.45, 2.75) is 38.6 Å². The zero-order chi connectivity index (χ0) is 22.2. The summed E-state index contributed by atoms with van der Waals surface area (Å²) < 4.78 is 48.7. The van der Waals surface area contributed by atoms with Crippen LogP contribution in [0.15, 0.2) is 54.6 Å². The molecule has 31 heavy (non-hydrogen) atoms. The first-order valence-corrected chi connectivity index (χ1v) is 10.0. The summed E-state index contributed by atoms with van der Waals surface area (Å²) in [5, 5.41) is 9.98. The summed E-state index contributed by atoms with van der Waals surface area (Å²) in [7, 11) is 0. The van der Waals surface area contributed by atoms with Gasteiger partial charge in [-0.2, -0.15) is 13.2 Å². The smallest absolute Gasteiger partial charge is 0.417 e. The van der Waals surface area contributed by atoms with Crippen molar-refractivity contribution >= 4 is 5.97 Å². The van der Waals surface area contributed by atoms with Crippen molar-refractivity contribution in [1.82, 2.24) is 4.57 Å². The molecule has 1 fully saturated rings. The molecule has 0 amide bonds. The largest absolute Gasteiger partial charge is 0.478 e. The minimum absolute atomic E-state index is 0.0198. The van der Waals surface area contributed by atoms with Gasteiger partial charge in [-0.3, -0.25) is 0 Å². The number of alkyl halides is 3. The molecule has 0 radical (unpaired) electrons. The van der Waals surface area contributed by atoms with Gasteiger partial charge in [0.05, 0.1) is 22.9 Å². The summed E-state index contributed by atoms with van der Waals surface area (Å²) in [6.07, 6.45) is -3.64. The lowest BCUT2D eigenvalue weighted by atomic mass is 9.99. The Bertz CT molecular complexity index is 1100. The molecule has 1 saturated heterocycles. The quantitative estimate of drug-likeness (QED) is 0.558. The Morgan fingerprint density at radius 2 is 1.77 bits per heavy atom. The predicted molar refractivity (Wildman–Crippen MR) is 110 cm³/mol. The van der Waals surface area contributed by atoms with Crippen molar-refractivity contribution in [2.24, 2.45) is 0 Å². The molecule has 1 atom stereocenters. The van der Waals surface area contributed by atoms with Gasteiger partial charge in [0, 0.05) is 30.8 Å². The summed E-state index contributed by atoms with van der Waals surface area (Å²) in [6, 6.07) is 14.6. The van der Waals surface area contributed by atoms with E-state index in [1.54, 1.807) is 17.6 Å². The van der Waals surface area contributed by atoms with E-state index in [1.807, 2.05) is 30.3 Å². The van der Waals surface area contributed by atoms with Crippen molar-refractivity contribution in [1.29, 1.82) is 0 Å². The van der Waals surface area contributed by atoms with E-state index in [9.17, 15) is 23.1 Å². The van der Waals surface area contributed by atoms with Crippen LogP contribution in [0.4, 0.5) is 13.2 Å². The first kappa shape index (κ1) is 21.2. The van der Waals surface area contributed by atoms with Crippen LogP contribution in [0.1, 0.15) is 39.2 Å². The van der Waals surface area contributed by atoms with Crippen LogP contribution in [-0.4, -0.2) is 28.4 Å². The molecular formula is C24H22F3NO3. The van der Waals surface area contributed by atoms with E-state index < -0.39 is 17.7 Å². The maximum atomic E-state index is 13.8. The molecule has 0 spiro atoms. The Balaban J connectivity index is 1.97. The van der Waals surface area contributed by atoms with Gasteiger partial charge < -0.3 is 14.4 Å². The summed E-state index contributed by atoms with van der Waals surface area (Å²) in [6.45, 7) is 2.48. The van der Waals surface area contributed by atoms with E-state index in [1.165, 1.54) is 12.1 Å². The van der Waals surface area contributed by atoms with Crippen LogP contribution in [0.3, 0.4) is 0 Å². The number of ether oxygens (including phenoxy) is 1. The van der Waals surface area contributed by atoms with Gasteiger partial charge in [0.2, 0.25) is 0 Å². The molecule has 1 unspecified atom stereocenters. The molecule has 4 rings (SSSR count). The maximum Gasteiger partial charge on any atom is 0.417 e. The number of aromatic nitrogens is 1. The molecule has 2 aromatic carbocycles. The van der Waals surface area contributed by atoms with E-state index >= 15 is 0 Å². The molecular weight excluding hydrogens is 407 g/mol. The van der Waals surface area contributed by atoms with Gasteiger partial charge >= 0.3 is 12.1 Å². The zero-order valence-electron chi connectivity index (χ0n) is 16.9. The van der Waals surface area contributed by atoms with E-state index in [0.717, 1.165) is 18.1 Å². The molecule has 0 aliphatic carbocycles.